The van der Waals surface area contributed by atoms with Crippen LogP contribution in [0.2, 0.25) is 0 Å². The average Bonchev–Trinajstić information content (AvgIpc) is 2.85. The van der Waals surface area contributed by atoms with Gasteiger partial charge in [0.2, 0.25) is 0 Å². The highest BCUT2D eigenvalue weighted by Gasteiger charge is 3.00. The van der Waals surface area contributed by atoms with Gasteiger partial charge in [-0.05, 0) is 25.1 Å². The number of ether oxygens (including phenoxy) is 4. The molecule has 2 heterocycles. The minimum Gasteiger partial charge on any atom is -0.497 e. The van der Waals surface area contributed by atoms with Crippen molar-refractivity contribution >= 4 is 5.84 Å². The van der Waals surface area contributed by atoms with E-state index in [2.05, 4.69) is 17.1 Å². The molecule has 1 saturated carbocycles. The van der Waals surface area contributed by atoms with Crippen LogP contribution in [0.25, 0.3) is 0 Å². The second-order valence-corrected chi connectivity index (χ2v) is 7.23. The van der Waals surface area contributed by atoms with Gasteiger partial charge in [-0.2, -0.15) is 10.5 Å². The second-order valence-electron chi connectivity index (χ2n) is 7.23. The van der Waals surface area contributed by atoms with Gasteiger partial charge in [0.05, 0.1) is 44.5 Å². The van der Waals surface area contributed by atoms with Gasteiger partial charge in [-0.1, -0.05) is 6.92 Å². The van der Waals surface area contributed by atoms with Crippen LogP contribution < -0.4 is 15.2 Å². The summed E-state index contributed by atoms with van der Waals surface area (Å²) in [7, 11) is 3.08. The van der Waals surface area contributed by atoms with Gasteiger partial charge in [-0.3, -0.25) is 0 Å². The Morgan fingerprint density at radius 2 is 2.00 bits per heavy atom. The molecule has 3 aliphatic rings. The lowest BCUT2D eigenvalue weighted by atomic mass is 9.84. The van der Waals surface area contributed by atoms with Crippen molar-refractivity contribution in [2.75, 3.05) is 20.8 Å². The highest BCUT2D eigenvalue weighted by atomic mass is 16.8. The summed E-state index contributed by atoms with van der Waals surface area (Å²) in [5, 5.41) is 20.5. The van der Waals surface area contributed by atoms with Crippen LogP contribution in [-0.2, 0) is 14.9 Å². The number of rotatable bonds is 3. The molecule has 0 aromatic heterocycles. The van der Waals surface area contributed by atoms with Crippen LogP contribution in [-0.4, -0.2) is 38.7 Å². The highest BCUT2D eigenvalue weighted by molar-refractivity contribution is 6.02. The molecule has 0 amide bonds. The average molecular weight is 368 g/mol. The van der Waals surface area contributed by atoms with Gasteiger partial charge < -0.3 is 24.7 Å². The normalized spacial score (nSPS) is 41.4. The lowest BCUT2D eigenvalue weighted by Crippen LogP contribution is -2.42. The fourth-order valence-electron chi connectivity index (χ4n) is 5.00. The maximum atomic E-state index is 10.3. The second kappa shape index (κ2) is 5.13. The Balaban J connectivity index is 2.02. The first-order chi connectivity index (χ1) is 12.8. The summed E-state index contributed by atoms with van der Waals surface area (Å²) >= 11 is 0. The van der Waals surface area contributed by atoms with Crippen LogP contribution >= 0.6 is 0 Å². The van der Waals surface area contributed by atoms with Gasteiger partial charge in [0.25, 0.3) is 5.91 Å². The summed E-state index contributed by atoms with van der Waals surface area (Å²) in [5.74, 6) is -0.493. The summed E-state index contributed by atoms with van der Waals surface area (Å²) in [6.07, 6.45) is -0.279. The van der Waals surface area contributed by atoms with Crippen LogP contribution in [0.3, 0.4) is 0 Å². The number of amidine groups is 1. The van der Waals surface area contributed by atoms with Crippen molar-refractivity contribution in [1.29, 1.82) is 10.5 Å². The minimum absolute atomic E-state index is 0.0352. The predicted molar refractivity (Wildman–Crippen MR) is 93.8 cm³/mol. The molecule has 4 rings (SSSR count). The van der Waals surface area contributed by atoms with Gasteiger partial charge in [0.15, 0.2) is 10.8 Å². The van der Waals surface area contributed by atoms with E-state index in [4.69, 9.17) is 24.7 Å². The third-order valence-electron chi connectivity index (χ3n) is 6.28. The number of nitriles is 2. The van der Waals surface area contributed by atoms with E-state index in [9.17, 15) is 10.5 Å². The maximum Gasteiger partial charge on any atom is 0.294 e. The monoisotopic (exact) mass is 368 g/mol. The van der Waals surface area contributed by atoms with Gasteiger partial charge in [0.1, 0.15) is 17.3 Å². The van der Waals surface area contributed by atoms with Crippen molar-refractivity contribution in [3.63, 3.8) is 0 Å². The lowest BCUT2D eigenvalue weighted by molar-refractivity contribution is -0.196. The van der Waals surface area contributed by atoms with Gasteiger partial charge in [-0.25, -0.2) is 4.99 Å². The number of methoxy groups -OCH3 is 2. The number of benzene rings is 1. The summed E-state index contributed by atoms with van der Waals surface area (Å²) in [4.78, 5) is 4.34. The van der Waals surface area contributed by atoms with E-state index in [-0.39, 0.29) is 18.5 Å². The van der Waals surface area contributed by atoms with Gasteiger partial charge in [0, 0.05) is 5.56 Å². The molecule has 1 aliphatic carbocycles. The predicted octanol–water partition coefficient (Wildman–Crippen LogP) is 1.45. The van der Waals surface area contributed by atoms with Crippen molar-refractivity contribution in [3.05, 3.63) is 23.8 Å². The molecule has 2 aliphatic heterocycles. The topological polar surface area (TPSA) is 123 Å². The molecule has 1 spiro atoms. The Labute approximate surface area is 157 Å². The first-order valence-corrected chi connectivity index (χ1v) is 8.56. The first-order valence-electron chi connectivity index (χ1n) is 8.56. The van der Waals surface area contributed by atoms with E-state index in [1.807, 2.05) is 6.92 Å². The quantitative estimate of drug-likeness (QED) is 0.856. The number of aliphatic imine (C=N–C) groups is 1. The van der Waals surface area contributed by atoms with Crippen molar-refractivity contribution in [1.82, 2.24) is 0 Å². The molecule has 2 N–H and O–H groups in total. The van der Waals surface area contributed by atoms with Crippen LogP contribution in [0.15, 0.2) is 23.2 Å². The fraction of sp³-hybridized carbons (Fsp3) is 0.526. The molecule has 27 heavy (non-hydrogen) atoms. The van der Waals surface area contributed by atoms with Crippen molar-refractivity contribution in [2.24, 2.45) is 21.6 Å². The molecule has 1 saturated heterocycles. The van der Waals surface area contributed by atoms with E-state index < -0.39 is 22.2 Å². The number of nitrogens with zero attached hydrogens (tertiary/aromatic N) is 3. The molecule has 0 unspecified atom stereocenters. The van der Waals surface area contributed by atoms with Crippen molar-refractivity contribution < 1.29 is 18.9 Å². The Kier molecular flexibility index (Phi) is 3.34. The van der Waals surface area contributed by atoms with E-state index in [1.54, 1.807) is 32.2 Å². The Morgan fingerprint density at radius 1 is 1.26 bits per heavy atom. The number of hydrogen-bond donors (Lipinski definition) is 1. The summed E-state index contributed by atoms with van der Waals surface area (Å²) in [6.45, 7) is 3.88. The molecule has 8 heteroatoms. The number of nitrogens with two attached hydrogens (primary N) is 1. The molecule has 2 fully saturated rings. The van der Waals surface area contributed by atoms with Crippen LogP contribution in [0, 0.1) is 33.5 Å². The fourth-order valence-corrected chi connectivity index (χ4v) is 5.00. The summed E-state index contributed by atoms with van der Waals surface area (Å²) in [6, 6.07) is 9.82. The SMILES string of the molecule is COc1ccc(OC)c([C@@]2(C)[C@]3(C#N)C(N)=N[C@]4(OC[C@@H](C)O4)[C@@]32C#N)c1. The molecule has 0 bridgehead atoms. The zero-order valence-electron chi connectivity index (χ0n) is 15.6. The smallest absolute Gasteiger partial charge is 0.294 e. The van der Waals surface area contributed by atoms with Crippen molar-refractivity contribution in [2.45, 2.75) is 31.3 Å². The third kappa shape index (κ3) is 1.54. The molecular weight excluding hydrogens is 348 g/mol. The molecule has 5 atom stereocenters. The Bertz CT molecular complexity index is 950. The molecule has 8 nitrogen and oxygen atoms in total. The van der Waals surface area contributed by atoms with E-state index in [0.717, 1.165) is 0 Å². The van der Waals surface area contributed by atoms with Gasteiger partial charge >= 0.3 is 0 Å². The van der Waals surface area contributed by atoms with Crippen LogP contribution in [0.4, 0.5) is 0 Å². The highest BCUT2D eigenvalue weighted by Crippen LogP contribution is 2.86. The minimum atomic E-state index is -1.62. The number of hydrogen-bond acceptors (Lipinski definition) is 8. The molecule has 1 aromatic rings. The lowest BCUT2D eigenvalue weighted by Gasteiger charge is -2.30. The molecule has 140 valence electrons. The standard InChI is InChI=1S/C19H20N4O4/c1-11-8-26-19(27-11)18(10-21)16(2,17(18,9-20)15(22)23-19)13-7-12(24-3)5-6-14(13)25-4/h5-7,11H,8H2,1-4H3,(H2,22,23)/t11-,16+,17+,18-,19+/m1/s1. The zero-order chi connectivity index (χ0) is 19.7. The van der Waals surface area contributed by atoms with E-state index >= 15 is 0 Å². The number of fused-ring (bicyclic) bond motifs is 2. The Morgan fingerprint density at radius 3 is 2.52 bits per heavy atom. The van der Waals surface area contributed by atoms with Gasteiger partial charge in [-0.15, -0.1) is 0 Å². The molecule has 0 radical (unpaired) electrons. The molecule has 1 aromatic carbocycles. The van der Waals surface area contributed by atoms with Crippen molar-refractivity contribution in [3.8, 4) is 23.6 Å². The Hall–Kier alpha value is -2.81. The summed E-state index contributed by atoms with van der Waals surface area (Å²) < 4.78 is 22.7. The molecular formula is C19H20N4O4. The first kappa shape index (κ1) is 17.6. The zero-order valence-corrected chi connectivity index (χ0v) is 15.6. The van der Waals surface area contributed by atoms with Crippen LogP contribution in [0.5, 0.6) is 11.5 Å². The maximum absolute atomic E-state index is 10.3. The van der Waals surface area contributed by atoms with E-state index in [0.29, 0.717) is 17.1 Å². The van der Waals surface area contributed by atoms with Crippen LogP contribution in [0.1, 0.15) is 19.4 Å². The third-order valence-corrected chi connectivity index (χ3v) is 6.28. The van der Waals surface area contributed by atoms with E-state index in [1.165, 1.54) is 7.11 Å². The largest absolute Gasteiger partial charge is 0.497 e. The summed E-state index contributed by atoms with van der Waals surface area (Å²) in [5.41, 5.74) is 2.94.